The molecule has 5 heteroatoms. The van der Waals surface area contributed by atoms with Gasteiger partial charge < -0.3 is 15.3 Å². The van der Waals surface area contributed by atoms with Crippen LogP contribution in [0.1, 0.15) is 46.5 Å². The van der Waals surface area contributed by atoms with E-state index >= 15 is 0 Å². The summed E-state index contributed by atoms with van der Waals surface area (Å²) in [5.41, 5.74) is 0. The Kier molecular flexibility index (Phi) is 10.2. The van der Waals surface area contributed by atoms with Gasteiger partial charge in [-0.25, -0.2) is 0 Å². The molecule has 0 fully saturated rings. The molecule has 1 amide bonds. The molecule has 0 radical (unpaired) electrons. The van der Waals surface area contributed by atoms with Gasteiger partial charge >= 0.3 is 5.97 Å². The third-order valence-electron chi connectivity index (χ3n) is 3.08. The van der Waals surface area contributed by atoms with E-state index in [9.17, 15) is 9.59 Å². The summed E-state index contributed by atoms with van der Waals surface area (Å²) in [5, 5.41) is 11.7. The molecule has 5 nitrogen and oxygen atoms in total. The van der Waals surface area contributed by atoms with Crippen molar-refractivity contribution in [2.45, 2.75) is 46.5 Å². The number of nitrogens with zero attached hydrogens (tertiary/aromatic N) is 1. The summed E-state index contributed by atoms with van der Waals surface area (Å²) < 4.78 is 0. The maximum Gasteiger partial charge on any atom is 0.307 e. The first-order chi connectivity index (χ1) is 8.97. The second-order valence-corrected chi connectivity index (χ2v) is 5.08. The van der Waals surface area contributed by atoms with E-state index in [4.69, 9.17) is 5.11 Å². The fraction of sp³-hybridized carbons (Fsp3) is 0.857. The average Bonchev–Trinajstić information content (AvgIpc) is 2.33. The van der Waals surface area contributed by atoms with Gasteiger partial charge in [0.05, 0.1) is 5.92 Å². The molecule has 1 atom stereocenters. The van der Waals surface area contributed by atoms with Gasteiger partial charge in [0.25, 0.3) is 0 Å². The zero-order valence-corrected chi connectivity index (χ0v) is 12.4. The Morgan fingerprint density at radius 2 is 1.89 bits per heavy atom. The van der Waals surface area contributed by atoms with Crippen molar-refractivity contribution in [3.05, 3.63) is 0 Å². The minimum Gasteiger partial charge on any atom is -0.481 e. The Morgan fingerprint density at radius 3 is 2.42 bits per heavy atom. The van der Waals surface area contributed by atoms with Gasteiger partial charge in [0.2, 0.25) is 5.91 Å². The van der Waals surface area contributed by atoms with Crippen LogP contribution in [0.15, 0.2) is 0 Å². The molecule has 0 saturated carbocycles. The molecular weight excluding hydrogens is 244 g/mol. The van der Waals surface area contributed by atoms with Crippen LogP contribution >= 0.6 is 0 Å². The summed E-state index contributed by atoms with van der Waals surface area (Å²) >= 11 is 0. The van der Waals surface area contributed by atoms with Crippen molar-refractivity contribution in [1.82, 2.24) is 10.2 Å². The summed E-state index contributed by atoms with van der Waals surface area (Å²) in [6, 6.07) is 0. The van der Waals surface area contributed by atoms with Crippen molar-refractivity contribution in [2.24, 2.45) is 5.92 Å². The standard InChI is InChI=1S/C14H28N2O3/c1-4-5-6-7-9-16(10-8-15-13(3)17)11-12(2)14(18)19/h12H,4-11H2,1-3H3,(H,15,17)(H,18,19). The van der Waals surface area contributed by atoms with Crippen LogP contribution in [0, 0.1) is 5.92 Å². The number of carbonyl (C=O) groups is 2. The SMILES string of the molecule is CCCCCCN(CCNC(C)=O)CC(C)C(=O)O. The molecular formula is C14H28N2O3. The lowest BCUT2D eigenvalue weighted by molar-refractivity contribution is -0.141. The zero-order chi connectivity index (χ0) is 14.7. The Morgan fingerprint density at radius 1 is 1.21 bits per heavy atom. The lowest BCUT2D eigenvalue weighted by Gasteiger charge is -2.24. The topological polar surface area (TPSA) is 69.6 Å². The monoisotopic (exact) mass is 272 g/mol. The Balaban J connectivity index is 4.05. The largest absolute Gasteiger partial charge is 0.481 e. The Hall–Kier alpha value is -1.10. The zero-order valence-electron chi connectivity index (χ0n) is 12.4. The number of unbranched alkanes of at least 4 members (excludes halogenated alkanes) is 3. The molecule has 0 aromatic rings. The fourth-order valence-electron chi connectivity index (χ4n) is 1.91. The van der Waals surface area contributed by atoms with Gasteiger partial charge in [0, 0.05) is 26.6 Å². The van der Waals surface area contributed by atoms with Crippen LogP contribution in [0.4, 0.5) is 0 Å². The Bertz CT molecular complexity index is 269. The van der Waals surface area contributed by atoms with E-state index in [2.05, 4.69) is 17.1 Å². The molecule has 0 bridgehead atoms. The molecule has 0 saturated heterocycles. The number of hydrogen-bond acceptors (Lipinski definition) is 3. The fourth-order valence-corrected chi connectivity index (χ4v) is 1.91. The van der Waals surface area contributed by atoms with Gasteiger partial charge in [-0.3, -0.25) is 9.59 Å². The molecule has 0 aromatic heterocycles. The van der Waals surface area contributed by atoms with Crippen molar-refractivity contribution in [3.63, 3.8) is 0 Å². The molecule has 19 heavy (non-hydrogen) atoms. The summed E-state index contributed by atoms with van der Waals surface area (Å²) in [6.07, 6.45) is 4.67. The van der Waals surface area contributed by atoms with Gasteiger partial charge in [0.15, 0.2) is 0 Å². The number of aliphatic carboxylic acids is 1. The quantitative estimate of drug-likeness (QED) is 0.562. The van der Waals surface area contributed by atoms with Crippen LogP contribution in [0.5, 0.6) is 0 Å². The molecule has 0 aliphatic heterocycles. The highest BCUT2D eigenvalue weighted by atomic mass is 16.4. The number of hydrogen-bond donors (Lipinski definition) is 2. The molecule has 0 spiro atoms. The maximum atomic E-state index is 10.9. The third-order valence-corrected chi connectivity index (χ3v) is 3.08. The van der Waals surface area contributed by atoms with E-state index in [1.807, 2.05) is 0 Å². The van der Waals surface area contributed by atoms with Gasteiger partial charge in [-0.15, -0.1) is 0 Å². The summed E-state index contributed by atoms with van der Waals surface area (Å²) in [6.45, 7) is 8.11. The summed E-state index contributed by atoms with van der Waals surface area (Å²) in [7, 11) is 0. The van der Waals surface area contributed by atoms with Crippen molar-refractivity contribution in [1.29, 1.82) is 0 Å². The highest BCUT2D eigenvalue weighted by molar-refractivity contribution is 5.72. The highest BCUT2D eigenvalue weighted by Crippen LogP contribution is 2.05. The van der Waals surface area contributed by atoms with Gasteiger partial charge in [-0.1, -0.05) is 33.1 Å². The number of amides is 1. The van der Waals surface area contributed by atoms with E-state index in [-0.39, 0.29) is 11.8 Å². The van der Waals surface area contributed by atoms with Crippen LogP contribution in [0.3, 0.4) is 0 Å². The van der Waals surface area contributed by atoms with E-state index in [0.717, 1.165) is 13.0 Å². The van der Waals surface area contributed by atoms with Crippen LogP contribution in [-0.4, -0.2) is 48.1 Å². The first-order valence-electron chi connectivity index (χ1n) is 7.17. The van der Waals surface area contributed by atoms with Crippen LogP contribution in [0.25, 0.3) is 0 Å². The van der Waals surface area contributed by atoms with E-state index in [0.29, 0.717) is 19.6 Å². The number of carbonyl (C=O) groups excluding carboxylic acids is 1. The number of rotatable bonds is 11. The first-order valence-corrected chi connectivity index (χ1v) is 7.17. The number of carboxylic acids is 1. The van der Waals surface area contributed by atoms with Crippen molar-refractivity contribution < 1.29 is 14.7 Å². The second-order valence-electron chi connectivity index (χ2n) is 5.08. The predicted octanol–water partition coefficient (Wildman–Crippen LogP) is 1.73. The molecule has 0 aliphatic carbocycles. The highest BCUT2D eigenvalue weighted by Gasteiger charge is 2.15. The van der Waals surface area contributed by atoms with Crippen LogP contribution in [-0.2, 0) is 9.59 Å². The normalized spacial score (nSPS) is 12.4. The molecule has 0 aromatic carbocycles. The predicted molar refractivity (Wildman–Crippen MR) is 76.1 cm³/mol. The van der Waals surface area contributed by atoms with E-state index in [1.165, 1.54) is 26.2 Å². The van der Waals surface area contributed by atoms with Crippen molar-refractivity contribution in [3.8, 4) is 0 Å². The van der Waals surface area contributed by atoms with Crippen LogP contribution in [0.2, 0.25) is 0 Å². The van der Waals surface area contributed by atoms with Crippen LogP contribution < -0.4 is 5.32 Å². The molecule has 112 valence electrons. The molecule has 1 unspecified atom stereocenters. The number of nitrogens with one attached hydrogen (secondary N) is 1. The lowest BCUT2D eigenvalue weighted by Crippen LogP contribution is -2.38. The van der Waals surface area contributed by atoms with Gasteiger partial charge in [-0.2, -0.15) is 0 Å². The van der Waals surface area contributed by atoms with Crippen molar-refractivity contribution in [2.75, 3.05) is 26.2 Å². The molecule has 2 N–H and O–H groups in total. The average molecular weight is 272 g/mol. The minimum absolute atomic E-state index is 0.0442. The lowest BCUT2D eigenvalue weighted by atomic mass is 10.1. The summed E-state index contributed by atoms with van der Waals surface area (Å²) in [4.78, 5) is 23.9. The van der Waals surface area contributed by atoms with E-state index in [1.54, 1.807) is 6.92 Å². The van der Waals surface area contributed by atoms with E-state index < -0.39 is 5.97 Å². The Labute approximate surface area is 116 Å². The smallest absolute Gasteiger partial charge is 0.307 e. The van der Waals surface area contributed by atoms with Gasteiger partial charge in [-0.05, 0) is 13.0 Å². The van der Waals surface area contributed by atoms with Gasteiger partial charge in [0.1, 0.15) is 0 Å². The third kappa shape index (κ3) is 10.5. The maximum absolute atomic E-state index is 10.9. The molecule has 0 heterocycles. The summed E-state index contributed by atoms with van der Waals surface area (Å²) in [5.74, 6) is -1.18. The molecule has 0 rings (SSSR count). The molecule has 0 aliphatic rings. The number of carboxylic acid groups (broad SMARTS) is 1. The van der Waals surface area contributed by atoms with Crippen molar-refractivity contribution >= 4 is 11.9 Å². The second kappa shape index (κ2) is 10.8. The first kappa shape index (κ1) is 17.9. The minimum atomic E-state index is -0.766.